The number of carboxylic acid groups (broad SMARTS) is 1. The molecule has 134 valence electrons. The lowest BCUT2D eigenvalue weighted by atomic mass is 10.2. The van der Waals surface area contributed by atoms with Crippen LogP contribution in [0, 0.1) is 0 Å². The quantitative estimate of drug-likeness (QED) is 0.754. The molecule has 1 atom stereocenters. The third-order valence-corrected chi connectivity index (χ3v) is 4.88. The van der Waals surface area contributed by atoms with Gasteiger partial charge in [0.15, 0.2) is 15.6 Å². The van der Waals surface area contributed by atoms with Gasteiger partial charge in [-0.05, 0) is 37.3 Å². The van der Waals surface area contributed by atoms with Gasteiger partial charge in [-0.2, -0.15) is 0 Å². The Bertz CT molecular complexity index is 915. The third-order valence-electron chi connectivity index (χ3n) is 3.24. The topological polar surface area (TPSA) is 92.7 Å². The van der Waals surface area contributed by atoms with Gasteiger partial charge >= 0.3 is 5.97 Å². The van der Waals surface area contributed by atoms with E-state index in [4.69, 9.17) is 33.0 Å². The molecule has 0 aromatic heterocycles. The number of carboxylic acids is 1. The molecule has 0 radical (unpaired) electrons. The summed E-state index contributed by atoms with van der Waals surface area (Å²) < 4.78 is 28.8. The molecule has 0 bridgehead atoms. The van der Waals surface area contributed by atoms with E-state index in [1.807, 2.05) is 0 Å². The molecule has 2 rings (SSSR count). The minimum Gasteiger partial charge on any atom is -0.480 e. The maximum atomic E-state index is 11.6. The number of nitrogens with one attached hydrogen (secondary N) is 1. The summed E-state index contributed by atoms with van der Waals surface area (Å²) in [7, 11) is -3.39. The fraction of sp³-hybridized carbons (Fsp3) is 0.188. The molecule has 0 fully saturated rings. The number of ether oxygens (including phenoxy) is 1. The Morgan fingerprint density at radius 1 is 1.16 bits per heavy atom. The summed E-state index contributed by atoms with van der Waals surface area (Å²) in [4.78, 5) is 11.1. The van der Waals surface area contributed by atoms with Crippen molar-refractivity contribution in [3.05, 3.63) is 46.4 Å². The normalized spacial score (nSPS) is 12.5. The molecular weight excluding hydrogens is 389 g/mol. The molecule has 0 saturated heterocycles. The van der Waals surface area contributed by atoms with Gasteiger partial charge in [-0.3, -0.25) is 4.79 Å². The van der Waals surface area contributed by atoms with Crippen molar-refractivity contribution in [2.24, 2.45) is 0 Å². The molecule has 0 aliphatic rings. The maximum absolute atomic E-state index is 11.6. The Kier molecular flexibility index (Phi) is 5.82. The molecule has 9 heteroatoms. The molecule has 0 spiro atoms. The molecule has 0 aliphatic carbocycles. The maximum Gasteiger partial charge on any atom is 0.325 e. The summed E-state index contributed by atoms with van der Waals surface area (Å²) in [5.41, 5.74) is 0.405. The standard InChI is InChI=1S/C16H15Cl2NO5S/c1-9(16(20)21)19-13-5-3-10(17)7-15(13)24-14-6-4-11(8-12(14)18)25(2,22)23/h3-9,19H,1-2H3,(H,20,21)/t9-/m0/s1. The van der Waals surface area contributed by atoms with Crippen LogP contribution in [-0.4, -0.2) is 31.8 Å². The van der Waals surface area contributed by atoms with Crippen molar-refractivity contribution in [2.45, 2.75) is 17.9 Å². The first-order valence-corrected chi connectivity index (χ1v) is 9.69. The van der Waals surface area contributed by atoms with E-state index < -0.39 is 21.8 Å². The number of carbonyl (C=O) groups is 1. The van der Waals surface area contributed by atoms with Crippen LogP contribution in [0.25, 0.3) is 0 Å². The summed E-state index contributed by atoms with van der Waals surface area (Å²) in [5, 5.41) is 12.3. The van der Waals surface area contributed by atoms with Gasteiger partial charge in [-0.25, -0.2) is 8.42 Å². The van der Waals surface area contributed by atoms with Crippen molar-refractivity contribution in [2.75, 3.05) is 11.6 Å². The molecule has 0 heterocycles. The molecule has 2 aromatic rings. The third kappa shape index (κ3) is 5.01. The molecule has 0 saturated carbocycles. The van der Waals surface area contributed by atoms with E-state index in [1.165, 1.54) is 31.2 Å². The van der Waals surface area contributed by atoms with E-state index in [9.17, 15) is 13.2 Å². The predicted octanol–water partition coefficient (Wildman–Crippen LogP) is 4.07. The second-order valence-electron chi connectivity index (χ2n) is 5.31. The second-order valence-corrected chi connectivity index (χ2v) is 8.17. The zero-order chi connectivity index (χ0) is 18.8. The summed E-state index contributed by atoms with van der Waals surface area (Å²) >= 11 is 12.1. The Morgan fingerprint density at radius 3 is 2.40 bits per heavy atom. The summed E-state index contributed by atoms with van der Waals surface area (Å²) in [6.07, 6.45) is 1.07. The van der Waals surface area contributed by atoms with E-state index in [-0.39, 0.29) is 21.4 Å². The zero-order valence-corrected chi connectivity index (χ0v) is 15.6. The predicted molar refractivity (Wildman–Crippen MR) is 96.8 cm³/mol. The lowest BCUT2D eigenvalue weighted by molar-refractivity contribution is -0.137. The Morgan fingerprint density at radius 2 is 1.84 bits per heavy atom. The number of sulfone groups is 1. The van der Waals surface area contributed by atoms with E-state index in [0.717, 1.165) is 6.26 Å². The minimum atomic E-state index is -3.39. The molecule has 0 aliphatic heterocycles. The minimum absolute atomic E-state index is 0.0637. The van der Waals surface area contributed by atoms with Gasteiger partial charge in [0, 0.05) is 17.3 Å². The fourth-order valence-electron chi connectivity index (χ4n) is 1.91. The van der Waals surface area contributed by atoms with Crippen molar-refractivity contribution in [1.29, 1.82) is 0 Å². The van der Waals surface area contributed by atoms with Crippen LogP contribution in [0.15, 0.2) is 41.3 Å². The monoisotopic (exact) mass is 403 g/mol. The van der Waals surface area contributed by atoms with Gasteiger partial charge in [-0.15, -0.1) is 0 Å². The molecule has 6 nitrogen and oxygen atoms in total. The van der Waals surface area contributed by atoms with Crippen LogP contribution in [-0.2, 0) is 14.6 Å². The first-order chi connectivity index (χ1) is 11.6. The van der Waals surface area contributed by atoms with E-state index in [1.54, 1.807) is 12.1 Å². The number of halogens is 2. The molecule has 2 aromatic carbocycles. The van der Waals surface area contributed by atoms with Crippen LogP contribution < -0.4 is 10.1 Å². The largest absolute Gasteiger partial charge is 0.480 e. The average Bonchev–Trinajstić information content (AvgIpc) is 2.50. The highest BCUT2D eigenvalue weighted by atomic mass is 35.5. The second kappa shape index (κ2) is 7.51. The number of hydrogen-bond acceptors (Lipinski definition) is 5. The van der Waals surface area contributed by atoms with Gasteiger partial charge in [0.25, 0.3) is 0 Å². The van der Waals surface area contributed by atoms with Gasteiger partial charge < -0.3 is 15.2 Å². The van der Waals surface area contributed by atoms with Gasteiger partial charge in [0.05, 0.1) is 15.6 Å². The Hall–Kier alpha value is -1.96. The molecule has 0 unspecified atom stereocenters. The van der Waals surface area contributed by atoms with Crippen LogP contribution in [0.5, 0.6) is 11.5 Å². The van der Waals surface area contributed by atoms with Crippen molar-refractivity contribution in [1.82, 2.24) is 0 Å². The van der Waals surface area contributed by atoms with Crippen molar-refractivity contribution in [3.63, 3.8) is 0 Å². The fourth-order valence-corrected chi connectivity index (χ4v) is 3.00. The summed E-state index contributed by atoms with van der Waals surface area (Å²) in [5.74, 6) is -0.562. The molecule has 25 heavy (non-hydrogen) atoms. The summed E-state index contributed by atoms with van der Waals surface area (Å²) in [6, 6.07) is 7.88. The molecule has 0 amide bonds. The number of hydrogen-bond donors (Lipinski definition) is 2. The highest BCUT2D eigenvalue weighted by Crippen LogP contribution is 2.36. The number of rotatable bonds is 6. The highest BCUT2D eigenvalue weighted by molar-refractivity contribution is 7.90. The van der Waals surface area contributed by atoms with Gasteiger partial charge in [0.2, 0.25) is 0 Å². The van der Waals surface area contributed by atoms with Crippen molar-refractivity contribution in [3.8, 4) is 11.5 Å². The van der Waals surface area contributed by atoms with Crippen molar-refractivity contribution >= 4 is 44.7 Å². The van der Waals surface area contributed by atoms with Gasteiger partial charge in [-0.1, -0.05) is 23.2 Å². The number of aliphatic carboxylic acids is 1. The number of benzene rings is 2. The van der Waals surface area contributed by atoms with Crippen LogP contribution in [0.3, 0.4) is 0 Å². The van der Waals surface area contributed by atoms with Crippen LogP contribution in [0.4, 0.5) is 5.69 Å². The summed E-state index contributed by atoms with van der Waals surface area (Å²) in [6.45, 7) is 1.48. The van der Waals surface area contributed by atoms with Crippen LogP contribution in [0.1, 0.15) is 6.92 Å². The lowest BCUT2D eigenvalue weighted by Crippen LogP contribution is -2.25. The van der Waals surface area contributed by atoms with Crippen LogP contribution >= 0.6 is 23.2 Å². The van der Waals surface area contributed by atoms with Gasteiger partial charge in [0.1, 0.15) is 11.8 Å². The smallest absolute Gasteiger partial charge is 0.325 e. The lowest BCUT2D eigenvalue weighted by Gasteiger charge is -2.16. The van der Waals surface area contributed by atoms with E-state index in [2.05, 4.69) is 5.32 Å². The van der Waals surface area contributed by atoms with Crippen molar-refractivity contribution < 1.29 is 23.1 Å². The molecule has 2 N–H and O–H groups in total. The number of anilines is 1. The highest BCUT2D eigenvalue weighted by Gasteiger charge is 2.16. The zero-order valence-electron chi connectivity index (χ0n) is 13.3. The average molecular weight is 404 g/mol. The first kappa shape index (κ1) is 19.4. The Balaban J connectivity index is 2.37. The Labute approximate surface area is 155 Å². The molecular formula is C16H15Cl2NO5S. The first-order valence-electron chi connectivity index (χ1n) is 7.04. The SMILES string of the molecule is C[C@H](Nc1ccc(Cl)cc1Oc1ccc(S(C)(=O)=O)cc1Cl)C(=O)O. The van der Waals surface area contributed by atoms with E-state index in [0.29, 0.717) is 10.7 Å². The van der Waals surface area contributed by atoms with E-state index >= 15 is 0 Å². The van der Waals surface area contributed by atoms with Crippen LogP contribution in [0.2, 0.25) is 10.0 Å².